The maximum atomic E-state index is 11.6. The zero-order chi connectivity index (χ0) is 13.6. The van der Waals surface area contributed by atoms with E-state index in [4.69, 9.17) is 11.8 Å². The Bertz CT molecular complexity index is 427. The molecule has 0 saturated heterocycles. The van der Waals surface area contributed by atoms with Crippen LogP contribution in [0.5, 0.6) is 0 Å². The number of esters is 1. The van der Waals surface area contributed by atoms with Crippen molar-refractivity contribution in [3.8, 4) is 0 Å². The molecule has 0 radical (unpaired) electrons. The van der Waals surface area contributed by atoms with Gasteiger partial charge in [0, 0.05) is 0 Å². The Labute approximate surface area is 116 Å². The van der Waals surface area contributed by atoms with Gasteiger partial charge in [0.1, 0.15) is 18.5 Å². The van der Waals surface area contributed by atoms with Crippen molar-refractivity contribution < 1.29 is 17.7 Å². The molecule has 0 fully saturated rings. The summed E-state index contributed by atoms with van der Waals surface area (Å²) < 4.78 is 4.14. The van der Waals surface area contributed by atoms with Crippen LogP contribution in [0.15, 0.2) is 35.2 Å². The van der Waals surface area contributed by atoms with E-state index in [1.807, 2.05) is 30.3 Å². The van der Waals surface area contributed by atoms with Gasteiger partial charge in [-0.25, -0.2) is 4.79 Å². The highest BCUT2D eigenvalue weighted by atomic mass is 35.5. The molecule has 1 atom stereocenters. The number of halogens is 1. The Balaban J connectivity index is 2.74. The average Bonchev–Trinajstić information content (AvgIpc) is 2.37. The molecule has 0 saturated carbocycles. The molecular formula is C12H15ClNO3S+. The largest absolute Gasteiger partial charge is 0.469 e. The monoisotopic (exact) mass is 288 g/mol. The zero-order valence-corrected chi connectivity index (χ0v) is 11.8. The molecule has 98 valence electrons. The Hall–Kier alpha value is -1.04. The van der Waals surface area contributed by atoms with E-state index in [-0.39, 0.29) is 24.8 Å². The minimum atomic E-state index is -0.404. The summed E-state index contributed by atoms with van der Waals surface area (Å²) in [4.78, 5) is 23.6. The lowest BCUT2D eigenvalue weighted by molar-refractivity contribution is -0.583. The van der Waals surface area contributed by atoms with Gasteiger partial charge in [0.05, 0.1) is 25.3 Å². The fraction of sp³-hybridized carbons (Fsp3) is 0.333. The van der Waals surface area contributed by atoms with Crippen LogP contribution in [0.4, 0.5) is 0 Å². The van der Waals surface area contributed by atoms with Gasteiger partial charge in [0.25, 0.3) is 0 Å². The van der Waals surface area contributed by atoms with Crippen molar-refractivity contribution in [3.63, 3.8) is 0 Å². The van der Waals surface area contributed by atoms with Crippen molar-refractivity contribution in [1.29, 1.82) is 0 Å². The van der Waals surface area contributed by atoms with E-state index in [9.17, 15) is 9.59 Å². The summed E-state index contributed by atoms with van der Waals surface area (Å²) >= 11 is 7.45. The fourth-order valence-electron chi connectivity index (χ4n) is 1.25. The zero-order valence-electron chi connectivity index (χ0n) is 10.3. The van der Waals surface area contributed by atoms with Crippen LogP contribution < -0.4 is 0 Å². The Kier molecular flexibility index (Phi) is 5.65. The van der Waals surface area contributed by atoms with Crippen molar-refractivity contribution in [1.82, 2.24) is 0 Å². The number of ether oxygens (including phenoxy) is 1. The first-order valence-corrected chi connectivity index (χ1v) is 6.49. The molecule has 0 N–H and O–H groups in total. The van der Waals surface area contributed by atoms with Crippen LogP contribution in [-0.4, -0.2) is 28.9 Å². The number of quaternary nitrogens is 1. The SMILES string of the molecule is COC(=O)CC[N+](Cl)(Sc1ccccc1)C(C)=O. The molecule has 0 aliphatic heterocycles. The predicted molar refractivity (Wildman–Crippen MR) is 70.6 cm³/mol. The number of rotatable bonds is 5. The fourth-order valence-corrected chi connectivity index (χ4v) is 2.50. The molecular weight excluding hydrogens is 274 g/mol. The number of hydrogen-bond donors (Lipinski definition) is 0. The molecule has 1 unspecified atom stereocenters. The first kappa shape index (κ1) is 15.0. The van der Waals surface area contributed by atoms with Gasteiger partial charge in [-0.1, -0.05) is 21.6 Å². The number of methoxy groups -OCH3 is 1. The Morgan fingerprint density at radius 3 is 2.44 bits per heavy atom. The van der Waals surface area contributed by atoms with Crippen molar-refractivity contribution in [2.45, 2.75) is 18.2 Å². The van der Waals surface area contributed by atoms with Crippen molar-refractivity contribution >= 4 is 35.6 Å². The summed E-state index contributed by atoms with van der Waals surface area (Å²) in [6, 6.07) is 9.34. The summed E-state index contributed by atoms with van der Waals surface area (Å²) in [6.45, 7) is 1.59. The van der Waals surface area contributed by atoms with Crippen molar-refractivity contribution in [2.24, 2.45) is 0 Å². The molecule has 0 heterocycles. The van der Waals surface area contributed by atoms with E-state index in [0.717, 1.165) is 4.90 Å². The highest BCUT2D eigenvalue weighted by Crippen LogP contribution is 2.34. The second kappa shape index (κ2) is 6.78. The topological polar surface area (TPSA) is 43.4 Å². The standard InChI is InChI=1S/C12H15ClNO3S/c1-10(15)14(13,9-8-12(16)17-2)18-11-6-4-3-5-7-11/h3-7H,8-9H2,1-2H3/q+1. The van der Waals surface area contributed by atoms with Gasteiger partial charge in [-0.15, -0.1) is 0 Å². The highest BCUT2D eigenvalue weighted by molar-refractivity contribution is 7.94. The van der Waals surface area contributed by atoms with Gasteiger partial charge >= 0.3 is 11.9 Å². The molecule has 1 rings (SSSR count). The van der Waals surface area contributed by atoms with Crippen LogP contribution in [-0.2, 0) is 14.3 Å². The maximum Gasteiger partial charge on any atom is 0.340 e. The number of nitrogens with zero attached hydrogens (tertiary/aromatic N) is 1. The molecule has 4 nitrogen and oxygen atoms in total. The molecule has 1 amide bonds. The number of carbonyl (C=O) groups is 2. The smallest absolute Gasteiger partial charge is 0.340 e. The molecule has 0 spiro atoms. The van der Waals surface area contributed by atoms with Gasteiger partial charge in [-0.05, 0) is 12.1 Å². The number of amides is 1. The minimum absolute atomic E-state index is 0.0966. The summed E-state index contributed by atoms with van der Waals surface area (Å²) in [6.07, 6.45) is 0.0966. The molecule has 1 aromatic carbocycles. The normalized spacial score (nSPS) is 13.7. The molecule has 0 aromatic heterocycles. The summed E-state index contributed by atoms with van der Waals surface area (Å²) in [5.74, 6) is -0.609. The van der Waals surface area contributed by atoms with E-state index in [2.05, 4.69) is 4.74 Å². The molecule has 0 aliphatic rings. The van der Waals surface area contributed by atoms with Crippen LogP contribution in [0.25, 0.3) is 0 Å². The predicted octanol–water partition coefficient (Wildman–Crippen LogP) is 2.77. The maximum absolute atomic E-state index is 11.6. The lowest BCUT2D eigenvalue weighted by Gasteiger charge is -2.21. The first-order valence-electron chi connectivity index (χ1n) is 5.38. The van der Waals surface area contributed by atoms with E-state index in [1.54, 1.807) is 0 Å². The molecule has 1 aromatic rings. The van der Waals surface area contributed by atoms with Crippen molar-refractivity contribution in [2.75, 3.05) is 13.7 Å². The van der Waals surface area contributed by atoms with Crippen LogP contribution in [0.1, 0.15) is 13.3 Å². The van der Waals surface area contributed by atoms with Gasteiger partial charge < -0.3 is 4.74 Å². The number of hydrogen-bond acceptors (Lipinski definition) is 4. The lowest BCUT2D eigenvalue weighted by atomic mass is 10.4. The Morgan fingerprint density at radius 1 is 1.33 bits per heavy atom. The second-order valence-corrected chi connectivity index (χ2v) is 5.68. The lowest BCUT2D eigenvalue weighted by Crippen LogP contribution is -2.37. The van der Waals surface area contributed by atoms with E-state index in [1.165, 1.54) is 26.0 Å². The van der Waals surface area contributed by atoms with Crippen LogP contribution >= 0.6 is 23.7 Å². The minimum Gasteiger partial charge on any atom is -0.469 e. The van der Waals surface area contributed by atoms with Gasteiger partial charge in [-0.2, -0.15) is 0 Å². The third-order valence-electron chi connectivity index (χ3n) is 2.29. The van der Waals surface area contributed by atoms with Gasteiger partial charge in [-0.3, -0.25) is 4.79 Å². The summed E-state index contributed by atoms with van der Waals surface area (Å²) in [7, 11) is 1.31. The molecule has 0 aliphatic carbocycles. The van der Waals surface area contributed by atoms with Crippen LogP contribution in [0.3, 0.4) is 0 Å². The molecule has 18 heavy (non-hydrogen) atoms. The number of benzene rings is 1. The molecule has 6 heteroatoms. The van der Waals surface area contributed by atoms with E-state index >= 15 is 0 Å². The third kappa shape index (κ3) is 4.33. The molecule has 0 bridgehead atoms. The average molecular weight is 289 g/mol. The van der Waals surface area contributed by atoms with E-state index in [0.29, 0.717) is 0 Å². The third-order valence-corrected chi connectivity index (χ3v) is 4.12. The summed E-state index contributed by atoms with van der Waals surface area (Å²) in [5.41, 5.74) is 0. The highest BCUT2D eigenvalue weighted by Gasteiger charge is 2.36. The Morgan fingerprint density at radius 2 is 1.94 bits per heavy atom. The van der Waals surface area contributed by atoms with Crippen LogP contribution in [0, 0.1) is 0 Å². The van der Waals surface area contributed by atoms with Crippen LogP contribution in [0.2, 0.25) is 0 Å². The second-order valence-electron chi connectivity index (χ2n) is 3.62. The quantitative estimate of drug-likeness (QED) is 0.475. The van der Waals surface area contributed by atoms with Gasteiger partial charge in [0.2, 0.25) is 0 Å². The van der Waals surface area contributed by atoms with Crippen molar-refractivity contribution in [3.05, 3.63) is 30.3 Å². The first-order chi connectivity index (χ1) is 8.48. The van der Waals surface area contributed by atoms with E-state index < -0.39 is 3.41 Å². The number of carbonyl (C=O) groups excluding carboxylic acids is 2. The van der Waals surface area contributed by atoms with Gasteiger partial charge in [0.15, 0.2) is 11.8 Å². The summed E-state index contributed by atoms with van der Waals surface area (Å²) in [5, 5.41) is 0.